The molecule has 1 unspecified atom stereocenters. The fraction of sp³-hybridized carbons (Fsp3) is 0.667. The summed E-state index contributed by atoms with van der Waals surface area (Å²) in [6.07, 6.45) is 15.4. The summed E-state index contributed by atoms with van der Waals surface area (Å²) in [4.78, 5) is 10.7. The second-order valence-corrected chi connectivity index (χ2v) is 4.32. The molecule has 0 aromatic heterocycles. The van der Waals surface area contributed by atoms with Crippen molar-refractivity contribution in [3.8, 4) is 0 Å². The summed E-state index contributed by atoms with van der Waals surface area (Å²) in [6, 6.07) is 0. The van der Waals surface area contributed by atoms with Crippen LogP contribution in [0.4, 0.5) is 0 Å². The molecule has 0 amide bonds. The molecule has 2 nitrogen and oxygen atoms in total. The number of carbonyl (C=O) groups excluding carboxylic acids is 1. The number of unbranched alkanes of at least 4 members (excludes halogenated alkanes) is 3. The number of ether oxygens (including phenoxy) is 1. The van der Waals surface area contributed by atoms with Gasteiger partial charge in [0, 0.05) is 6.92 Å². The van der Waals surface area contributed by atoms with Gasteiger partial charge in [-0.3, -0.25) is 4.79 Å². The second kappa shape index (κ2) is 11.4. The summed E-state index contributed by atoms with van der Waals surface area (Å²) < 4.78 is 5.06. The quantitative estimate of drug-likeness (QED) is 0.338. The van der Waals surface area contributed by atoms with Crippen molar-refractivity contribution in [1.82, 2.24) is 0 Å². The van der Waals surface area contributed by atoms with Gasteiger partial charge in [0.05, 0.1) is 6.10 Å². The van der Waals surface area contributed by atoms with E-state index < -0.39 is 0 Å². The van der Waals surface area contributed by atoms with E-state index in [-0.39, 0.29) is 12.1 Å². The minimum Gasteiger partial charge on any atom is -0.463 e. The van der Waals surface area contributed by atoms with Crippen molar-refractivity contribution < 1.29 is 9.53 Å². The maximum Gasteiger partial charge on any atom is 0.302 e. The monoisotopic (exact) mass is 238 g/mol. The van der Waals surface area contributed by atoms with Crippen molar-refractivity contribution in [2.45, 2.75) is 65.4 Å². The average Bonchev–Trinajstić information content (AvgIpc) is 2.26. The van der Waals surface area contributed by atoms with Crippen molar-refractivity contribution in [3.05, 3.63) is 24.3 Å². The van der Waals surface area contributed by atoms with E-state index in [9.17, 15) is 4.79 Å². The van der Waals surface area contributed by atoms with E-state index in [4.69, 9.17) is 4.74 Å². The van der Waals surface area contributed by atoms with Crippen molar-refractivity contribution in [3.63, 3.8) is 0 Å². The molecule has 0 rings (SSSR count). The van der Waals surface area contributed by atoms with Crippen LogP contribution in [0.15, 0.2) is 24.3 Å². The second-order valence-electron chi connectivity index (χ2n) is 4.32. The van der Waals surface area contributed by atoms with Crippen LogP contribution >= 0.6 is 0 Å². The predicted molar refractivity (Wildman–Crippen MR) is 72.9 cm³/mol. The van der Waals surface area contributed by atoms with Gasteiger partial charge in [0.2, 0.25) is 0 Å². The summed E-state index contributed by atoms with van der Waals surface area (Å²) in [5, 5.41) is 0. The maximum absolute atomic E-state index is 10.7. The van der Waals surface area contributed by atoms with Gasteiger partial charge in [-0.15, -0.1) is 0 Å². The van der Waals surface area contributed by atoms with Gasteiger partial charge in [-0.1, -0.05) is 37.6 Å². The Kier molecular flexibility index (Phi) is 10.7. The first-order valence-electron chi connectivity index (χ1n) is 6.65. The zero-order chi connectivity index (χ0) is 12.9. The van der Waals surface area contributed by atoms with Gasteiger partial charge in [-0.25, -0.2) is 0 Å². The molecule has 0 aromatic carbocycles. The van der Waals surface area contributed by atoms with E-state index in [2.05, 4.69) is 31.2 Å². The molecule has 0 N–H and O–H groups in total. The summed E-state index contributed by atoms with van der Waals surface area (Å²) in [6.45, 7) is 5.55. The molecule has 2 heteroatoms. The molecule has 0 fully saturated rings. The molecule has 0 aliphatic heterocycles. The molecule has 0 spiro atoms. The number of carbonyl (C=O) groups is 1. The molecule has 17 heavy (non-hydrogen) atoms. The molecule has 0 aromatic rings. The zero-order valence-electron chi connectivity index (χ0n) is 11.4. The molecule has 0 aliphatic carbocycles. The van der Waals surface area contributed by atoms with Crippen LogP contribution in [0.5, 0.6) is 0 Å². The fourth-order valence-corrected chi connectivity index (χ4v) is 1.60. The highest BCUT2D eigenvalue weighted by Gasteiger charge is 2.03. The predicted octanol–water partition coefficient (Wildman–Crippen LogP) is 4.41. The van der Waals surface area contributed by atoms with Gasteiger partial charge >= 0.3 is 5.97 Å². The lowest BCUT2D eigenvalue weighted by Gasteiger charge is -2.10. The van der Waals surface area contributed by atoms with E-state index >= 15 is 0 Å². The molecule has 0 saturated heterocycles. The van der Waals surface area contributed by atoms with Crippen LogP contribution in [0, 0.1) is 0 Å². The maximum atomic E-state index is 10.7. The van der Waals surface area contributed by atoms with Crippen LogP contribution in [-0.2, 0) is 9.53 Å². The highest BCUT2D eigenvalue weighted by Crippen LogP contribution is 2.08. The van der Waals surface area contributed by atoms with Crippen molar-refractivity contribution in [1.29, 1.82) is 0 Å². The highest BCUT2D eigenvalue weighted by atomic mass is 16.5. The van der Waals surface area contributed by atoms with Crippen molar-refractivity contribution in [2.24, 2.45) is 0 Å². The Bertz CT molecular complexity index is 241. The number of hydrogen-bond donors (Lipinski definition) is 0. The Morgan fingerprint density at radius 2 is 1.88 bits per heavy atom. The number of rotatable bonds is 9. The zero-order valence-corrected chi connectivity index (χ0v) is 11.4. The standard InChI is InChI=1S/C15H26O2/c1-4-5-6-7-8-9-10-11-12-13-14(2)17-15(3)16/h5-8,14H,4,9-13H2,1-3H3. The summed E-state index contributed by atoms with van der Waals surface area (Å²) in [5.74, 6) is -0.178. The number of hydrogen-bond acceptors (Lipinski definition) is 2. The van der Waals surface area contributed by atoms with Gasteiger partial charge < -0.3 is 4.74 Å². The summed E-state index contributed by atoms with van der Waals surface area (Å²) in [5.41, 5.74) is 0. The summed E-state index contributed by atoms with van der Waals surface area (Å²) in [7, 11) is 0. The lowest BCUT2D eigenvalue weighted by Crippen LogP contribution is -2.11. The Labute approximate surface area is 106 Å². The molecule has 98 valence electrons. The van der Waals surface area contributed by atoms with Gasteiger partial charge in [-0.05, 0) is 39.0 Å². The van der Waals surface area contributed by atoms with Crippen LogP contribution in [-0.4, -0.2) is 12.1 Å². The third kappa shape index (κ3) is 12.9. The van der Waals surface area contributed by atoms with E-state index in [0.717, 1.165) is 25.7 Å². The molecule has 0 heterocycles. The van der Waals surface area contributed by atoms with E-state index in [1.807, 2.05) is 6.92 Å². The Morgan fingerprint density at radius 3 is 2.53 bits per heavy atom. The molecular formula is C15H26O2. The highest BCUT2D eigenvalue weighted by molar-refractivity contribution is 5.66. The van der Waals surface area contributed by atoms with Gasteiger partial charge in [0.15, 0.2) is 0 Å². The minimum absolute atomic E-state index is 0.0653. The molecule has 0 bridgehead atoms. The Morgan fingerprint density at radius 1 is 1.18 bits per heavy atom. The number of esters is 1. The third-order valence-electron chi connectivity index (χ3n) is 2.47. The lowest BCUT2D eigenvalue weighted by atomic mass is 10.1. The Hall–Kier alpha value is -1.05. The average molecular weight is 238 g/mol. The fourth-order valence-electron chi connectivity index (χ4n) is 1.60. The molecule has 0 aliphatic rings. The van der Waals surface area contributed by atoms with Crippen LogP contribution in [0.2, 0.25) is 0 Å². The molecule has 0 saturated carbocycles. The van der Waals surface area contributed by atoms with Gasteiger partial charge in [-0.2, -0.15) is 0 Å². The largest absolute Gasteiger partial charge is 0.463 e. The molecule has 0 radical (unpaired) electrons. The lowest BCUT2D eigenvalue weighted by molar-refractivity contribution is -0.145. The molecular weight excluding hydrogens is 212 g/mol. The van der Waals surface area contributed by atoms with Crippen LogP contribution in [0.1, 0.15) is 59.3 Å². The minimum atomic E-state index is -0.178. The van der Waals surface area contributed by atoms with E-state index in [1.54, 1.807) is 0 Å². The summed E-state index contributed by atoms with van der Waals surface area (Å²) >= 11 is 0. The van der Waals surface area contributed by atoms with E-state index in [1.165, 1.54) is 19.8 Å². The topological polar surface area (TPSA) is 26.3 Å². The van der Waals surface area contributed by atoms with Crippen molar-refractivity contribution >= 4 is 5.97 Å². The van der Waals surface area contributed by atoms with Gasteiger partial charge in [0.1, 0.15) is 0 Å². The van der Waals surface area contributed by atoms with Crippen LogP contribution < -0.4 is 0 Å². The van der Waals surface area contributed by atoms with Gasteiger partial charge in [0.25, 0.3) is 0 Å². The first kappa shape index (κ1) is 16.0. The van der Waals surface area contributed by atoms with Crippen LogP contribution in [0.25, 0.3) is 0 Å². The normalized spacial score (nSPS) is 13.4. The first-order valence-corrected chi connectivity index (χ1v) is 6.65. The third-order valence-corrected chi connectivity index (χ3v) is 2.47. The van der Waals surface area contributed by atoms with Crippen molar-refractivity contribution in [2.75, 3.05) is 0 Å². The first-order chi connectivity index (χ1) is 8.16. The smallest absolute Gasteiger partial charge is 0.302 e. The molecule has 1 atom stereocenters. The van der Waals surface area contributed by atoms with Crippen LogP contribution in [0.3, 0.4) is 0 Å². The Balaban J connectivity index is 3.31. The SMILES string of the molecule is CCC=CC=CCCCCCC(C)OC(C)=O. The number of allylic oxidation sites excluding steroid dienone is 4. The van der Waals surface area contributed by atoms with E-state index in [0.29, 0.717) is 0 Å².